The second kappa shape index (κ2) is 11.0. The molecular weight excluding hydrogens is 336 g/mol. The van der Waals surface area contributed by atoms with Crippen LogP contribution in [0.5, 0.6) is 0 Å². The van der Waals surface area contributed by atoms with Crippen LogP contribution in [0, 0.1) is 38.0 Å². The maximum Gasteiger partial charge on any atom is 0 e. The van der Waals surface area contributed by atoms with Crippen molar-refractivity contribution < 1.29 is 21.7 Å². The molecule has 25 heavy (non-hydrogen) atoms. The fourth-order valence-corrected chi connectivity index (χ4v) is 2.52. The maximum absolute atomic E-state index is 2.12. The third-order valence-corrected chi connectivity index (χ3v) is 3.76. The van der Waals surface area contributed by atoms with Gasteiger partial charge in [0.15, 0.2) is 0 Å². The van der Waals surface area contributed by atoms with Crippen molar-refractivity contribution in [2.75, 3.05) is 0 Å². The number of hydrogen-bond donors (Lipinski definition) is 0. The predicted molar refractivity (Wildman–Crippen MR) is 102 cm³/mol. The van der Waals surface area contributed by atoms with E-state index in [-0.39, 0.29) is 21.7 Å². The molecule has 1 heteroatoms. The van der Waals surface area contributed by atoms with Crippen molar-refractivity contribution in [2.45, 2.75) is 0 Å². The van der Waals surface area contributed by atoms with Crippen LogP contribution in [-0.4, -0.2) is 0 Å². The van der Waals surface area contributed by atoms with Gasteiger partial charge in [-0.3, -0.25) is 5.56 Å². The van der Waals surface area contributed by atoms with Crippen LogP contribution >= 0.6 is 0 Å². The van der Waals surface area contributed by atoms with E-state index in [9.17, 15) is 0 Å². The molecule has 0 amide bonds. The molecule has 0 radical (unpaired) electrons. The zero-order valence-electron chi connectivity index (χ0n) is 14.0. The monoisotopic (exact) mass is 356 g/mol. The summed E-state index contributed by atoms with van der Waals surface area (Å²) in [5.74, 6) is 1.28. The van der Waals surface area contributed by atoms with E-state index >= 15 is 0 Å². The molecule has 0 aromatic heterocycles. The standard InChI is InChI=1S/2C12H10.Ti/c2*1-3-7-11(8-4-1)12-9-5-2-6-10-12;/h2*1-10H;/q;-6;. The molecule has 0 heterocycles. The molecule has 0 bridgehead atoms. The van der Waals surface area contributed by atoms with Gasteiger partial charge < -0.3 is 38.0 Å². The van der Waals surface area contributed by atoms with Crippen molar-refractivity contribution >= 4 is 0 Å². The molecule has 1 fully saturated rings. The topological polar surface area (TPSA) is 0 Å². The predicted octanol–water partition coefficient (Wildman–Crippen LogP) is 6.00. The van der Waals surface area contributed by atoms with E-state index in [0.29, 0.717) is 0 Å². The average molecular weight is 356 g/mol. The minimum Gasteiger partial charge on any atom is -0.723 e. The summed E-state index contributed by atoms with van der Waals surface area (Å²) in [6.45, 7) is 0. The van der Waals surface area contributed by atoms with Gasteiger partial charge in [-0.05, 0) is 11.1 Å². The molecule has 126 valence electrons. The Labute approximate surface area is 167 Å². The van der Waals surface area contributed by atoms with Crippen molar-refractivity contribution in [3.05, 3.63) is 135 Å². The van der Waals surface area contributed by atoms with E-state index < -0.39 is 0 Å². The van der Waals surface area contributed by atoms with Crippen LogP contribution < -0.4 is 0 Å². The van der Waals surface area contributed by atoms with Crippen LogP contribution in [0.4, 0.5) is 0 Å². The van der Waals surface area contributed by atoms with Gasteiger partial charge in [0.05, 0.1) is 0 Å². The van der Waals surface area contributed by atoms with Gasteiger partial charge >= 0.3 is 0 Å². The fourth-order valence-electron chi connectivity index (χ4n) is 2.52. The van der Waals surface area contributed by atoms with Gasteiger partial charge in [0.25, 0.3) is 0 Å². The molecule has 0 unspecified atom stereocenters. The first kappa shape index (κ1) is 19.6. The third-order valence-electron chi connectivity index (χ3n) is 3.76. The first-order chi connectivity index (χ1) is 11.9. The van der Waals surface area contributed by atoms with Gasteiger partial charge in [-0.15, -0.1) is 12.1 Å². The van der Waals surface area contributed by atoms with Crippen molar-refractivity contribution in [1.82, 2.24) is 0 Å². The molecule has 0 N–H and O–H groups in total. The van der Waals surface area contributed by atoms with Gasteiger partial charge in [-0.1, -0.05) is 66.7 Å². The molecule has 1 aliphatic carbocycles. The number of rotatable bonds is 2. The largest absolute Gasteiger partial charge is 0.723 e. The Hall–Kier alpha value is -1.76. The molecule has 1 aliphatic rings. The normalized spacial score (nSPS) is 13.2. The van der Waals surface area contributed by atoms with E-state index in [4.69, 9.17) is 0 Å². The van der Waals surface area contributed by atoms with Crippen LogP contribution in [0.3, 0.4) is 0 Å². The van der Waals surface area contributed by atoms with Gasteiger partial charge in [-0.2, -0.15) is 12.1 Å². The average Bonchev–Trinajstić information content (AvgIpc) is 2.71. The van der Waals surface area contributed by atoms with Crippen LogP contribution in [-0.2, 0) is 21.7 Å². The Morgan fingerprint density at radius 3 is 1.32 bits per heavy atom. The van der Waals surface area contributed by atoms with Gasteiger partial charge in [0, 0.05) is 21.7 Å². The molecular formula is C24H20Ti-6. The van der Waals surface area contributed by atoms with Crippen LogP contribution in [0.1, 0.15) is 5.56 Å². The molecule has 0 spiro atoms. The van der Waals surface area contributed by atoms with Crippen LogP contribution in [0.15, 0.2) is 91.0 Å². The van der Waals surface area contributed by atoms with Crippen LogP contribution in [0.2, 0.25) is 0 Å². The minimum absolute atomic E-state index is 0. The summed E-state index contributed by atoms with van der Waals surface area (Å²) < 4.78 is 0. The molecule has 3 aromatic rings. The summed E-state index contributed by atoms with van der Waals surface area (Å²) >= 11 is 0. The third kappa shape index (κ3) is 6.23. The molecule has 0 atom stereocenters. The second-order valence-corrected chi connectivity index (χ2v) is 5.46. The number of benzene rings is 3. The zero-order chi connectivity index (χ0) is 16.5. The molecule has 3 aromatic carbocycles. The molecule has 1 saturated carbocycles. The first-order valence-electron chi connectivity index (χ1n) is 8.14. The van der Waals surface area contributed by atoms with Crippen molar-refractivity contribution in [2.24, 2.45) is 0 Å². The van der Waals surface area contributed by atoms with Gasteiger partial charge in [0.1, 0.15) is 0 Å². The van der Waals surface area contributed by atoms with Crippen molar-refractivity contribution in [3.63, 3.8) is 0 Å². The molecule has 0 saturated heterocycles. The summed E-state index contributed by atoms with van der Waals surface area (Å²) in [4.78, 5) is 0. The Balaban J connectivity index is 0.000000173. The SMILES string of the molecule is [Ti].c1ccc(-c2ccccc2)cc1.c1ccc([C-]2[CH-][CH-][CH-][CH-][CH-]2)cc1. The first-order valence-corrected chi connectivity index (χ1v) is 8.14. The van der Waals surface area contributed by atoms with E-state index in [0.717, 1.165) is 0 Å². The summed E-state index contributed by atoms with van der Waals surface area (Å²) in [6.07, 6.45) is 10.4. The smallest absolute Gasteiger partial charge is 0 e. The second-order valence-electron chi connectivity index (χ2n) is 5.46. The molecule has 0 nitrogen and oxygen atoms in total. The quantitative estimate of drug-likeness (QED) is 0.390. The Morgan fingerprint density at radius 1 is 0.480 bits per heavy atom. The van der Waals surface area contributed by atoms with E-state index in [1.165, 1.54) is 22.6 Å². The Morgan fingerprint density at radius 2 is 0.880 bits per heavy atom. The van der Waals surface area contributed by atoms with Gasteiger partial charge in [0.2, 0.25) is 0 Å². The van der Waals surface area contributed by atoms with Gasteiger partial charge in [-0.25, -0.2) is 0 Å². The summed E-state index contributed by atoms with van der Waals surface area (Å²) in [5, 5.41) is 0. The Kier molecular flexibility index (Phi) is 8.59. The molecule has 4 rings (SSSR count). The Bertz CT molecular complexity index is 648. The summed E-state index contributed by atoms with van der Waals surface area (Å²) in [6, 6.07) is 31.2. The van der Waals surface area contributed by atoms with E-state index in [1.807, 2.05) is 24.6 Å². The zero-order valence-corrected chi connectivity index (χ0v) is 15.6. The molecule has 0 aliphatic heterocycles. The summed E-state index contributed by atoms with van der Waals surface area (Å²) in [5.41, 5.74) is 3.83. The van der Waals surface area contributed by atoms with E-state index in [1.54, 1.807) is 0 Å². The van der Waals surface area contributed by atoms with E-state index in [2.05, 4.69) is 98.5 Å². The maximum atomic E-state index is 2.12. The van der Waals surface area contributed by atoms with Crippen molar-refractivity contribution in [3.8, 4) is 11.1 Å². The number of hydrogen-bond acceptors (Lipinski definition) is 0. The fraction of sp³-hybridized carbons (Fsp3) is 0. The van der Waals surface area contributed by atoms with Crippen molar-refractivity contribution in [1.29, 1.82) is 0 Å². The minimum atomic E-state index is 0. The van der Waals surface area contributed by atoms with Crippen LogP contribution in [0.25, 0.3) is 11.1 Å². The summed E-state index contributed by atoms with van der Waals surface area (Å²) in [7, 11) is 0.